The Balaban J connectivity index is 1.59. The van der Waals surface area contributed by atoms with E-state index in [1.165, 1.54) is 0 Å². The number of nitrogens with one attached hydrogen (secondary N) is 3. The third kappa shape index (κ3) is 3.68. The SMILES string of the molecule is Cc1cn2c(Nc3cc(C)[nH]n3)nc(-c3cccc(S(=O)(=O)[C@H]4CCNC4)c3)cc2n1. The topological polar surface area (TPSA) is 117 Å². The number of H-pyrrole nitrogens is 1. The summed E-state index contributed by atoms with van der Waals surface area (Å²) in [5.74, 6) is 1.19. The van der Waals surface area contributed by atoms with Gasteiger partial charge in [-0.15, -0.1) is 0 Å². The minimum Gasteiger partial charge on any atom is -0.315 e. The lowest BCUT2D eigenvalue weighted by Crippen LogP contribution is -2.23. The highest BCUT2D eigenvalue weighted by molar-refractivity contribution is 7.92. The summed E-state index contributed by atoms with van der Waals surface area (Å²) >= 11 is 0. The number of sulfone groups is 1. The maximum Gasteiger partial charge on any atom is 0.215 e. The average molecular weight is 438 g/mol. The summed E-state index contributed by atoms with van der Waals surface area (Å²) in [6, 6.07) is 10.7. The van der Waals surface area contributed by atoms with Crippen molar-refractivity contribution in [1.82, 2.24) is 29.9 Å². The van der Waals surface area contributed by atoms with Crippen LogP contribution in [0.1, 0.15) is 17.8 Å². The molecule has 3 N–H and O–H groups in total. The average Bonchev–Trinajstić information content (AvgIpc) is 3.49. The van der Waals surface area contributed by atoms with E-state index in [-0.39, 0.29) is 0 Å². The van der Waals surface area contributed by atoms with Gasteiger partial charge in [0.25, 0.3) is 0 Å². The number of imidazole rings is 1. The fourth-order valence-corrected chi connectivity index (χ4v) is 5.57. The van der Waals surface area contributed by atoms with Crippen molar-refractivity contribution in [1.29, 1.82) is 0 Å². The van der Waals surface area contributed by atoms with Gasteiger partial charge < -0.3 is 10.6 Å². The molecule has 0 bridgehead atoms. The van der Waals surface area contributed by atoms with Crippen molar-refractivity contribution in [3.05, 3.63) is 54.0 Å². The number of benzene rings is 1. The number of aromatic amines is 1. The third-order valence-corrected chi connectivity index (χ3v) is 7.62. The number of aromatic nitrogens is 5. The summed E-state index contributed by atoms with van der Waals surface area (Å²) in [7, 11) is -3.40. The van der Waals surface area contributed by atoms with Gasteiger partial charge in [0.15, 0.2) is 15.7 Å². The van der Waals surface area contributed by atoms with Crippen LogP contribution in [0.5, 0.6) is 0 Å². The highest BCUT2D eigenvalue weighted by Gasteiger charge is 2.30. The van der Waals surface area contributed by atoms with E-state index in [0.29, 0.717) is 41.0 Å². The quantitative estimate of drug-likeness (QED) is 0.439. The van der Waals surface area contributed by atoms with Gasteiger partial charge in [-0.2, -0.15) is 5.10 Å². The molecule has 10 heteroatoms. The molecule has 1 aromatic carbocycles. The van der Waals surface area contributed by atoms with E-state index >= 15 is 0 Å². The Labute approximate surface area is 179 Å². The Bertz CT molecular complexity index is 1370. The summed E-state index contributed by atoms with van der Waals surface area (Å²) in [6.07, 6.45) is 2.52. The first kappa shape index (κ1) is 19.7. The van der Waals surface area contributed by atoms with Gasteiger partial charge in [-0.05, 0) is 38.9 Å². The van der Waals surface area contributed by atoms with E-state index in [2.05, 4.69) is 25.8 Å². The Kier molecular flexibility index (Phi) is 4.75. The molecule has 160 valence electrons. The molecule has 5 rings (SSSR count). The zero-order valence-corrected chi connectivity index (χ0v) is 18.1. The predicted molar refractivity (Wildman–Crippen MR) is 118 cm³/mol. The fourth-order valence-electron chi connectivity index (χ4n) is 3.86. The highest BCUT2D eigenvalue weighted by Crippen LogP contribution is 2.28. The van der Waals surface area contributed by atoms with Gasteiger partial charge in [-0.25, -0.2) is 18.4 Å². The van der Waals surface area contributed by atoms with Crippen LogP contribution in [0, 0.1) is 13.8 Å². The van der Waals surface area contributed by atoms with E-state index in [4.69, 9.17) is 4.98 Å². The first-order chi connectivity index (χ1) is 14.9. The molecule has 1 saturated heterocycles. The van der Waals surface area contributed by atoms with Gasteiger partial charge in [0.1, 0.15) is 5.65 Å². The lowest BCUT2D eigenvalue weighted by atomic mass is 10.1. The molecule has 0 unspecified atom stereocenters. The van der Waals surface area contributed by atoms with Crippen LogP contribution in [0.25, 0.3) is 16.9 Å². The van der Waals surface area contributed by atoms with Crippen LogP contribution in [0.15, 0.2) is 47.5 Å². The van der Waals surface area contributed by atoms with E-state index in [1.807, 2.05) is 42.6 Å². The zero-order chi connectivity index (χ0) is 21.6. The molecule has 0 aliphatic carbocycles. The van der Waals surface area contributed by atoms with Crippen LogP contribution in [0.2, 0.25) is 0 Å². The van der Waals surface area contributed by atoms with Crippen LogP contribution >= 0.6 is 0 Å². The molecule has 1 fully saturated rings. The maximum atomic E-state index is 13.0. The molecule has 0 amide bonds. The largest absolute Gasteiger partial charge is 0.315 e. The van der Waals surface area contributed by atoms with E-state index in [1.54, 1.807) is 18.2 Å². The van der Waals surface area contributed by atoms with Crippen molar-refractivity contribution < 1.29 is 8.42 Å². The summed E-state index contributed by atoms with van der Waals surface area (Å²) in [4.78, 5) is 9.65. The first-order valence-electron chi connectivity index (χ1n) is 10.1. The molecule has 0 spiro atoms. The van der Waals surface area contributed by atoms with Crippen LogP contribution in [-0.4, -0.2) is 51.3 Å². The summed E-state index contributed by atoms with van der Waals surface area (Å²) in [5.41, 5.74) is 3.85. The van der Waals surface area contributed by atoms with Crippen molar-refractivity contribution in [2.24, 2.45) is 0 Å². The molecular formula is C21H23N7O2S. The normalized spacial score (nSPS) is 16.8. The predicted octanol–water partition coefficient (Wildman–Crippen LogP) is 2.62. The Morgan fingerprint density at radius 2 is 2.03 bits per heavy atom. The minimum absolute atomic E-state index is 0.317. The van der Waals surface area contributed by atoms with E-state index in [9.17, 15) is 8.42 Å². The lowest BCUT2D eigenvalue weighted by molar-refractivity contribution is 0.583. The highest BCUT2D eigenvalue weighted by atomic mass is 32.2. The van der Waals surface area contributed by atoms with Gasteiger partial charge in [0.05, 0.1) is 21.5 Å². The second kappa shape index (κ2) is 7.47. The van der Waals surface area contributed by atoms with Crippen LogP contribution in [0.3, 0.4) is 0 Å². The Morgan fingerprint density at radius 1 is 1.16 bits per heavy atom. The molecule has 9 nitrogen and oxygen atoms in total. The second-order valence-electron chi connectivity index (χ2n) is 7.82. The number of aryl methyl sites for hydroxylation is 2. The number of nitrogens with zero attached hydrogens (tertiary/aromatic N) is 4. The second-order valence-corrected chi connectivity index (χ2v) is 10.1. The summed E-state index contributed by atoms with van der Waals surface area (Å²) < 4.78 is 27.9. The molecule has 3 aromatic heterocycles. The molecule has 4 heterocycles. The standard InChI is InChI=1S/C21H23N7O2S/c1-13-8-19(27-26-13)25-21-24-18(10-20-23-14(2)12-28(20)21)15-4-3-5-16(9-15)31(29,30)17-6-7-22-11-17/h3-5,8-10,12,17,22H,6-7,11H2,1-2H3,(H2,24,25,26,27)/t17-/m0/s1. The molecule has 1 aliphatic rings. The molecule has 1 aliphatic heterocycles. The van der Waals surface area contributed by atoms with Crippen molar-refractivity contribution in [3.8, 4) is 11.3 Å². The number of hydrogen-bond donors (Lipinski definition) is 3. The Morgan fingerprint density at radius 3 is 2.77 bits per heavy atom. The monoisotopic (exact) mass is 437 g/mol. The van der Waals surface area contributed by atoms with Crippen molar-refractivity contribution in [2.45, 2.75) is 30.4 Å². The van der Waals surface area contributed by atoms with Crippen LogP contribution < -0.4 is 10.6 Å². The molecular weight excluding hydrogens is 414 g/mol. The van der Waals surface area contributed by atoms with Crippen molar-refractivity contribution in [2.75, 3.05) is 18.4 Å². The van der Waals surface area contributed by atoms with Crippen LogP contribution in [-0.2, 0) is 9.84 Å². The van der Waals surface area contributed by atoms with Gasteiger partial charge in [-0.1, -0.05) is 12.1 Å². The number of rotatable bonds is 5. The number of hydrogen-bond acceptors (Lipinski definition) is 7. The first-order valence-corrected chi connectivity index (χ1v) is 11.7. The van der Waals surface area contributed by atoms with Crippen LogP contribution in [0.4, 0.5) is 11.8 Å². The molecule has 0 radical (unpaired) electrons. The van der Waals surface area contributed by atoms with E-state index in [0.717, 1.165) is 23.5 Å². The van der Waals surface area contributed by atoms with Gasteiger partial charge in [-0.3, -0.25) is 9.50 Å². The van der Waals surface area contributed by atoms with Gasteiger partial charge in [0, 0.05) is 36.1 Å². The fraction of sp³-hybridized carbons (Fsp3) is 0.286. The summed E-state index contributed by atoms with van der Waals surface area (Å²) in [5, 5.41) is 13.1. The zero-order valence-electron chi connectivity index (χ0n) is 17.3. The van der Waals surface area contributed by atoms with Crippen molar-refractivity contribution >= 4 is 27.3 Å². The number of fused-ring (bicyclic) bond motifs is 1. The van der Waals surface area contributed by atoms with Gasteiger partial charge in [0.2, 0.25) is 5.95 Å². The molecule has 31 heavy (non-hydrogen) atoms. The van der Waals surface area contributed by atoms with Gasteiger partial charge >= 0.3 is 0 Å². The van der Waals surface area contributed by atoms with Crippen molar-refractivity contribution in [3.63, 3.8) is 0 Å². The number of anilines is 2. The molecule has 1 atom stereocenters. The van der Waals surface area contributed by atoms with E-state index < -0.39 is 15.1 Å². The smallest absolute Gasteiger partial charge is 0.215 e. The molecule has 0 saturated carbocycles. The minimum atomic E-state index is -3.40. The lowest BCUT2D eigenvalue weighted by Gasteiger charge is -2.12. The third-order valence-electron chi connectivity index (χ3n) is 5.43. The Hall–Kier alpha value is -3.24. The maximum absolute atomic E-state index is 13.0. The summed E-state index contributed by atoms with van der Waals surface area (Å²) in [6.45, 7) is 5.05. The molecule has 4 aromatic rings.